The Labute approximate surface area is 157 Å². The number of benzene rings is 2. The summed E-state index contributed by atoms with van der Waals surface area (Å²) < 4.78 is 10.4. The number of aliphatic hydroxyl groups is 1. The normalized spacial score (nSPS) is 18.2. The Balaban J connectivity index is 1.96. The van der Waals surface area contributed by atoms with Gasteiger partial charge in [0.15, 0.2) is 22.9 Å². The number of carbonyl (C=O) groups excluding carboxylic acids is 2. The maximum absolute atomic E-state index is 12.9. The van der Waals surface area contributed by atoms with Crippen LogP contribution >= 0.6 is 0 Å². The maximum Gasteiger partial charge on any atom is 0.264 e. The van der Waals surface area contributed by atoms with Gasteiger partial charge in [0.25, 0.3) is 5.91 Å². The van der Waals surface area contributed by atoms with E-state index < -0.39 is 11.5 Å². The molecule has 1 aliphatic heterocycles. The summed E-state index contributed by atoms with van der Waals surface area (Å²) in [6.07, 6.45) is 1.21. The van der Waals surface area contributed by atoms with Crippen LogP contribution in [0.15, 0.2) is 55.1 Å². The van der Waals surface area contributed by atoms with Crippen LogP contribution in [0.5, 0.6) is 11.5 Å². The lowest BCUT2D eigenvalue weighted by atomic mass is 9.88. The van der Waals surface area contributed by atoms with Crippen LogP contribution in [-0.4, -0.2) is 37.6 Å². The fourth-order valence-corrected chi connectivity index (χ4v) is 3.33. The number of ether oxygens (including phenoxy) is 2. The Morgan fingerprint density at radius 2 is 1.89 bits per heavy atom. The van der Waals surface area contributed by atoms with Crippen LogP contribution in [0.25, 0.3) is 0 Å². The minimum Gasteiger partial charge on any atom is -0.493 e. The van der Waals surface area contributed by atoms with E-state index in [9.17, 15) is 14.7 Å². The highest BCUT2D eigenvalue weighted by Crippen LogP contribution is 2.43. The van der Waals surface area contributed by atoms with Crippen molar-refractivity contribution in [2.45, 2.75) is 12.0 Å². The van der Waals surface area contributed by atoms with Gasteiger partial charge in [-0.15, -0.1) is 6.58 Å². The summed E-state index contributed by atoms with van der Waals surface area (Å²) in [5.41, 5.74) is -0.576. The molecule has 0 unspecified atom stereocenters. The zero-order valence-electron chi connectivity index (χ0n) is 15.3. The molecule has 2 aromatic rings. The van der Waals surface area contributed by atoms with Gasteiger partial charge in [-0.2, -0.15) is 0 Å². The van der Waals surface area contributed by atoms with Crippen molar-refractivity contribution in [3.8, 4) is 11.5 Å². The Hall–Kier alpha value is -3.12. The molecule has 3 rings (SSSR count). The molecule has 0 aromatic heterocycles. The molecule has 6 nitrogen and oxygen atoms in total. The number of carbonyl (C=O) groups is 2. The monoisotopic (exact) mass is 367 g/mol. The quantitative estimate of drug-likeness (QED) is 0.601. The second kappa shape index (κ2) is 7.25. The number of amides is 1. The van der Waals surface area contributed by atoms with Gasteiger partial charge in [-0.1, -0.05) is 24.3 Å². The summed E-state index contributed by atoms with van der Waals surface area (Å²) in [4.78, 5) is 27.2. The van der Waals surface area contributed by atoms with Crippen molar-refractivity contribution in [2.24, 2.45) is 0 Å². The topological polar surface area (TPSA) is 76.1 Å². The minimum absolute atomic E-state index is 0.253. The molecule has 0 saturated carbocycles. The number of fused-ring (bicyclic) bond motifs is 1. The lowest BCUT2D eigenvalue weighted by Crippen LogP contribution is -2.41. The van der Waals surface area contributed by atoms with Crippen LogP contribution in [-0.2, 0) is 10.4 Å². The van der Waals surface area contributed by atoms with E-state index in [-0.39, 0.29) is 18.7 Å². The molecule has 0 saturated heterocycles. The van der Waals surface area contributed by atoms with Gasteiger partial charge in [0.05, 0.1) is 26.3 Å². The van der Waals surface area contributed by atoms with Crippen molar-refractivity contribution in [3.05, 3.63) is 66.2 Å². The average Bonchev–Trinajstić information content (AvgIpc) is 2.89. The molecule has 1 heterocycles. The first kappa shape index (κ1) is 18.7. The summed E-state index contributed by atoms with van der Waals surface area (Å²) >= 11 is 0. The summed E-state index contributed by atoms with van der Waals surface area (Å²) in [5, 5.41) is 11.2. The molecule has 0 fully saturated rings. The second-order valence-electron chi connectivity index (χ2n) is 6.25. The van der Waals surface area contributed by atoms with E-state index in [2.05, 4.69) is 6.58 Å². The third-order valence-corrected chi connectivity index (χ3v) is 4.67. The molecule has 0 bridgehead atoms. The number of hydrogen-bond donors (Lipinski definition) is 1. The number of para-hydroxylation sites is 1. The molecular formula is C21H21NO5. The van der Waals surface area contributed by atoms with Crippen molar-refractivity contribution in [1.82, 2.24) is 0 Å². The number of nitrogens with zero attached hydrogens (tertiary/aromatic N) is 1. The molecule has 1 N–H and O–H groups in total. The first-order valence-electron chi connectivity index (χ1n) is 8.46. The third kappa shape index (κ3) is 3.08. The van der Waals surface area contributed by atoms with Crippen LogP contribution < -0.4 is 14.4 Å². The van der Waals surface area contributed by atoms with E-state index in [1.165, 1.54) is 25.2 Å². The highest BCUT2D eigenvalue weighted by atomic mass is 16.5. The van der Waals surface area contributed by atoms with Crippen LogP contribution in [0.3, 0.4) is 0 Å². The number of rotatable bonds is 7. The predicted octanol–water partition coefficient (Wildman–Crippen LogP) is 2.70. The van der Waals surface area contributed by atoms with E-state index in [1.807, 2.05) is 0 Å². The van der Waals surface area contributed by atoms with Gasteiger partial charge < -0.3 is 19.5 Å². The molecule has 0 aliphatic carbocycles. The Morgan fingerprint density at radius 1 is 1.19 bits per heavy atom. The van der Waals surface area contributed by atoms with Gasteiger partial charge in [-0.05, 0) is 24.3 Å². The number of Topliss-reactive ketones (excluding diaryl/α,β-unsaturated/α-hetero) is 1. The molecule has 1 amide bonds. The Morgan fingerprint density at radius 3 is 2.56 bits per heavy atom. The summed E-state index contributed by atoms with van der Waals surface area (Å²) in [7, 11) is 2.98. The van der Waals surface area contributed by atoms with Crippen molar-refractivity contribution in [1.29, 1.82) is 0 Å². The van der Waals surface area contributed by atoms with E-state index in [4.69, 9.17) is 9.47 Å². The van der Waals surface area contributed by atoms with Crippen LogP contribution in [0.4, 0.5) is 5.69 Å². The van der Waals surface area contributed by atoms with Gasteiger partial charge in [-0.3, -0.25) is 9.59 Å². The van der Waals surface area contributed by atoms with Crippen molar-refractivity contribution in [2.75, 3.05) is 25.7 Å². The molecule has 2 aromatic carbocycles. The highest BCUT2D eigenvalue weighted by Gasteiger charge is 2.50. The predicted molar refractivity (Wildman–Crippen MR) is 101 cm³/mol. The van der Waals surface area contributed by atoms with Crippen molar-refractivity contribution in [3.63, 3.8) is 0 Å². The molecule has 6 heteroatoms. The third-order valence-electron chi connectivity index (χ3n) is 4.67. The first-order valence-corrected chi connectivity index (χ1v) is 8.46. The van der Waals surface area contributed by atoms with Crippen molar-refractivity contribution >= 4 is 17.4 Å². The van der Waals surface area contributed by atoms with Crippen LogP contribution in [0.1, 0.15) is 22.3 Å². The minimum atomic E-state index is -1.91. The second-order valence-corrected chi connectivity index (χ2v) is 6.25. The fourth-order valence-electron chi connectivity index (χ4n) is 3.33. The maximum atomic E-state index is 12.9. The highest BCUT2D eigenvalue weighted by molar-refractivity contribution is 6.11. The standard InChI is InChI=1S/C21H21NO5/c1-4-11-22-16-8-6-5-7-15(16)21(25,20(22)24)13-17(23)14-9-10-18(26-2)19(12-14)27-3/h4-10,12,25H,1,11,13H2,2-3H3/t21-/m0/s1. The molecule has 27 heavy (non-hydrogen) atoms. The van der Waals surface area contributed by atoms with Crippen LogP contribution in [0.2, 0.25) is 0 Å². The zero-order chi connectivity index (χ0) is 19.6. The SMILES string of the molecule is C=CCN1C(=O)[C@](O)(CC(=O)c2ccc(OC)c(OC)c2)c2ccccc21. The van der Waals surface area contributed by atoms with Gasteiger partial charge in [0.1, 0.15) is 0 Å². The molecule has 1 atom stereocenters. The lowest BCUT2D eigenvalue weighted by molar-refractivity contribution is -0.135. The summed E-state index contributed by atoms with van der Waals surface area (Å²) in [5.74, 6) is -0.00605. The van der Waals surface area contributed by atoms with E-state index in [0.29, 0.717) is 28.3 Å². The molecular weight excluding hydrogens is 346 g/mol. The number of hydrogen-bond acceptors (Lipinski definition) is 5. The average molecular weight is 367 g/mol. The lowest BCUT2D eigenvalue weighted by Gasteiger charge is -2.22. The number of methoxy groups -OCH3 is 2. The Kier molecular flexibility index (Phi) is 5.01. The molecule has 0 radical (unpaired) electrons. The molecule has 140 valence electrons. The van der Waals surface area contributed by atoms with Crippen LogP contribution in [0, 0.1) is 0 Å². The summed E-state index contributed by atoms with van der Waals surface area (Å²) in [6, 6.07) is 11.7. The summed E-state index contributed by atoms with van der Waals surface area (Å²) in [6.45, 7) is 3.91. The van der Waals surface area contributed by atoms with Gasteiger partial charge >= 0.3 is 0 Å². The fraction of sp³-hybridized carbons (Fsp3) is 0.238. The number of anilines is 1. The Bertz CT molecular complexity index is 907. The van der Waals surface area contributed by atoms with Gasteiger partial charge in [-0.25, -0.2) is 0 Å². The largest absolute Gasteiger partial charge is 0.493 e. The molecule has 1 aliphatic rings. The first-order chi connectivity index (χ1) is 13.0. The van der Waals surface area contributed by atoms with Gasteiger partial charge in [0.2, 0.25) is 0 Å². The van der Waals surface area contributed by atoms with Crippen molar-refractivity contribution < 1.29 is 24.2 Å². The zero-order valence-corrected chi connectivity index (χ0v) is 15.3. The van der Waals surface area contributed by atoms with Gasteiger partial charge in [0, 0.05) is 17.7 Å². The van der Waals surface area contributed by atoms with E-state index in [1.54, 1.807) is 42.5 Å². The van der Waals surface area contributed by atoms with E-state index >= 15 is 0 Å². The molecule has 0 spiro atoms. The van der Waals surface area contributed by atoms with E-state index in [0.717, 1.165) is 0 Å². The smallest absolute Gasteiger partial charge is 0.264 e. The number of ketones is 1.